The minimum Gasteiger partial charge on any atom is -0.452 e. The van der Waals surface area contributed by atoms with Crippen LogP contribution in [0.2, 0.25) is 0 Å². The van der Waals surface area contributed by atoms with E-state index in [1.165, 1.54) is 33.5 Å². The van der Waals surface area contributed by atoms with Crippen molar-refractivity contribution in [2.45, 2.75) is 44.4 Å². The van der Waals surface area contributed by atoms with E-state index in [0.717, 1.165) is 31.3 Å². The van der Waals surface area contributed by atoms with Gasteiger partial charge in [-0.1, -0.05) is 31.1 Å². The van der Waals surface area contributed by atoms with E-state index >= 15 is 0 Å². The topological polar surface area (TPSA) is 84.0 Å². The van der Waals surface area contributed by atoms with Crippen LogP contribution in [0.4, 0.5) is 0 Å². The number of carbonyl (C=O) groups is 2. The molecule has 29 heavy (non-hydrogen) atoms. The van der Waals surface area contributed by atoms with E-state index in [4.69, 9.17) is 4.74 Å². The smallest absolute Gasteiger partial charge is 0.338 e. The first-order valence-corrected chi connectivity index (χ1v) is 11.4. The van der Waals surface area contributed by atoms with E-state index in [1.54, 1.807) is 0 Å². The van der Waals surface area contributed by atoms with Crippen LogP contribution >= 0.6 is 0 Å². The van der Waals surface area contributed by atoms with Gasteiger partial charge in [0.05, 0.1) is 10.5 Å². The van der Waals surface area contributed by atoms with Gasteiger partial charge in [-0.3, -0.25) is 4.79 Å². The molecule has 1 amide bonds. The van der Waals surface area contributed by atoms with Gasteiger partial charge in [0.1, 0.15) is 0 Å². The molecule has 1 aromatic carbocycles. The molecule has 1 aliphatic heterocycles. The van der Waals surface area contributed by atoms with Gasteiger partial charge in [0.2, 0.25) is 10.0 Å². The number of ether oxygens (including phenoxy) is 1. The predicted octanol–water partition coefficient (Wildman–Crippen LogP) is 2.83. The third-order valence-corrected chi connectivity index (χ3v) is 6.69. The van der Waals surface area contributed by atoms with E-state index in [-0.39, 0.29) is 16.4 Å². The highest BCUT2D eigenvalue weighted by Gasteiger charge is 2.26. The Balaban J connectivity index is 2.07. The molecule has 1 saturated heterocycles. The Labute approximate surface area is 173 Å². The maximum absolute atomic E-state index is 12.9. The standard InChI is InChI=1S/C21H30N2O5S/c1-4-22(15-17(2)3)20(24)16-28-21(25)18-10-9-11-19(14-18)29(26,27)23-12-7-5-6-8-13-23/h9-11,14H,2,4-8,12-13,15-16H2,1,3H3. The van der Waals surface area contributed by atoms with Crippen LogP contribution in [0, 0.1) is 0 Å². The fourth-order valence-corrected chi connectivity index (χ4v) is 4.78. The molecule has 0 aromatic heterocycles. The second-order valence-electron chi connectivity index (χ2n) is 7.29. The molecule has 0 N–H and O–H groups in total. The molecule has 7 nitrogen and oxygen atoms in total. The van der Waals surface area contributed by atoms with Gasteiger partial charge >= 0.3 is 5.97 Å². The number of rotatable bonds is 8. The average molecular weight is 423 g/mol. The fraction of sp³-hybridized carbons (Fsp3) is 0.524. The summed E-state index contributed by atoms with van der Waals surface area (Å²) in [6.45, 7) is 8.89. The number of likely N-dealkylation sites (N-methyl/N-ethyl adjacent to an activating group) is 1. The predicted molar refractivity (Wildman–Crippen MR) is 111 cm³/mol. The van der Waals surface area contributed by atoms with Crippen LogP contribution in [0.1, 0.15) is 49.9 Å². The molecule has 0 unspecified atom stereocenters. The largest absolute Gasteiger partial charge is 0.452 e. The quantitative estimate of drug-likeness (QED) is 0.475. The first kappa shape index (κ1) is 23.1. The molecule has 0 atom stereocenters. The number of nitrogens with zero attached hydrogens (tertiary/aromatic N) is 2. The van der Waals surface area contributed by atoms with E-state index in [0.29, 0.717) is 26.2 Å². The van der Waals surface area contributed by atoms with Gasteiger partial charge in [0.15, 0.2) is 6.61 Å². The molecular formula is C21H30N2O5S. The number of carbonyl (C=O) groups excluding carboxylic acids is 2. The van der Waals surface area contributed by atoms with Crippen molar-refractivity contribution in [3.8, 4) is 0 Å². The number of amides is 1. The van der Waals surface area contributed by atoms with Crippen LogP contribution in [0.15, 0.2) is 41.3 Å². The number of hydrogen-bond donors (Lipinski definition) is 0. The van der Waals surface area contributed by atoms with Crippen molar-refractivity contribution >= 4 is 21.9 Å². The number of esters is 1. The van der Waals surface area contributed by atoms with Crippen LogP contribution in [-0.4, -0.2) is 62.3 Å². The summed E-state index contributed by atoms with van der Waals surface area (Å²) < 4.78 is 32.4. The first-order chi connectivity index (χ1) is 13.8. The molecule has 1 fully saturated rings. The zero-order chi connectivity index (χ0) is 21.4. The zero-order valence-corrected chi connectivity index (χ0v) is 18.0. The molecule has 1 aromatic rings. The molecule has 160 valence electrons. The number of benzene rings is 1. The Morgan fingerprint density at radius 2 is 1.83 bits per heavy atom. The van der Waals surface area contributed by atoms with Crippen molar-refractivity contribution in [3.63, 3.8) is 0 Å². The lowest BCUT2D eigenvalue weighted by Gasteiger charge is -2.21. The van der Waals surface area contributed by atoms with E-state index in [9.17, 15) is 18.0 Å². The van der Waals surface area contributed by atoms with Crippen molar-refractivity contribution in [3.05, 3.63) is 42.0 Å². The van der Waals surface area contributed by atoms with Gasteiger partial charge in [-0.2, -0.15) is 4.31 Å². The summed E-state index contributed by atoms with van der Waals surface area (Å²) >= 11 is 0. The molecule has 0 radical (unpaired) electrons. The summed E-state index contributed by atoms with van der Waals surface area (Å²) in [5, 5.41) is 0. The van der Waals surface area contributed by atoms with Gasteiger partial charge in [-0.25, -0.2) is 13.2 Å². The maximum atomic E-state index is 12.9. The molecule has 0 bridgehead atoms. The van der Waals surface area contributed by atoms with Crippen LogP contribution in [0.25, 0.3) is 0 Å². The van der Waals surface area contributed by atoms with Gasteiger partial charge in [-0.15, -0.1) is 0 Å². The Kier molecular flexibility index (Phi) is 8.40. The molecule has 8 heteroatoms. The highest BCUT2D eigenvalue weighted by atomic mass is 32.2. The van der Waals surface area contributed by atoms with Crippen LogP contribution in [-0.2, 0) is 19.6 Å². The van der Waals surface area contributed by atoms with Crippen molar-refractivity contribution in [2.24, 2.45) is 0 Å². The summed E-state index contributed by atoms with van der Waals surface area (Å²) in [6, 6.07) is 5.80. The highest BCUT2D eigenvalue weighted by molar-refractivity contribution is 7.89. The minimum atomic E-state index is -3.66. The summed E-state index contributed by atoms with van der Waals surface area (Å²) in [7, 11) is -3.66. The van der Waals surface area contributed by atoms with Gasteiger partial charge < -0.3 is 9.64 Å². The monoisotopic (exact) mass is 422 g/mol. The average Bonchev–Trinajstić information content (AvgIpc) is 3.00. The summed E-state index contributed by atoms with van der Waals surface area (Å²) in [5.74, 6) is -1.05. The summed E-state index contributed by atoms with van der Waals surface area (Å²) in [5.41, 5.74) is 0.939. The van der Waals surface area contributed by atoms with E-state index in [2.05, 4.69) is 6.58 Å². The van der Waals surface area contributed by atoms with Crippen LogP contribution in [0.3, 0.4) is 0 Å². The summed E-state index contributed by atoms with van der Waals surface area (Å²) in [6.07, 6.45) is 3.71. The van der Waals surface area contributed by atoms with Crippen molar-refractivity contribution in [2.75, 3.05) is 32.8 Å². The minimum absolute atomic E-state index is 0.0673. The van der Waals surface area contributed by atoms with Crippen molar-refractivity contribution in [1.82, 2.24) is 9.21 Å². The maximum Gasteiger partial charge on any atom is 0.338 e. The van der Waals surface area contributed by atoms with Crippen LogP contribution in [0.5, 0.6) is 0 Å². The van der Waals surface area contributed by atoms with Gasteiger partial charge in [0.25, 0.3) is 5.91 Å². The molecule has 0 spiro atoms. The van der Waals surface area contributed by atoms with E-state index in [1.807, 2.05) is 13.8 Å². The lowest BCUT2D eigenvalue weighted by Crippen LogP contribution is -2.35. The normalized spacial score (nSPS) is 15.4. The Morgan fingerprint density at radius 1 is 1.17 bits per heavy atom. The summed E-state index contributed by atoms with van der Waals surface area (Å²) in [4.78, 5) is 26.2. The number of hydrogen-bond acceptors (Lipinski definition) is 5. The lowest BCUT2D eigenvalue weighted by atomic mass is 10.2. The van der Waals surface area contributed by atoms with Crippen molar-refractivity contribution in [1.29, 1.82) is 0 Å². The third kappa shape index (κ3) is 6.40. The lowest BCUT2D eigenvalue weighted by molar-refractivity contribution is -0.133. The Morgan fingerprint density at radius 3 is 2.41 bits per heavy atom. The fourth-order valence-electron chi connectivity index (χ4n) is 3.22. The molecule has 0 saturated carbocycles. The highest BCUT2D eigenvalue weighted by Crippen LogP contribution is 2.21. The van der Waals surface area contributed by atoms with Crippen molar-refractivity contribution < 1.29 is 22.7 Å². The molecule has 1 aliphatic rings. The van der Waals surface area contributed by atoms with E-state index < -0.39 is 22.6 Å². The van der Waals surface area contributed by atoms with Gasteiger partial charge in [-0.05, 0) is 44.9 Å². The molecular weight excluding hydrogens is 392 g/mol. The van der Waals surface area contributed by atoms with Crippen LogP contribution < -0.4 is 0 Å². The second kappa shape index (κ2) is 10.5. The first-order valence-electron chi connectivity index (χ1n) is 9.95. The Bertz CT molecular complexity index is 842. The number of sulfonamides is 1. The Hall–Kier alpha value is -2.19. The SMILES string of the molecule is C=C(C)CN(CC)C(=O)COC(=O)c1cccc(S(=O)(=O)N2CCCCCC2)c1. The molecule has 1 heterocycles. The molecule has 0 aliphatic carbocycles. The third-order valence-electron chi connectivity index (χ3n) is 4.79. The van der Waals surface area contributed by atoms with Gasteiger partial charge in [0, 0.05) is 26.2 Å². The second-order valence-corrected chi connectivity index (χ2v) is 9.23. The molecule has 2 rings (SSSR count). The zero-order valence-electron chi connectivity index (χ0n) is 17.2.